The molecule has 0 saturated carbocycles. The van der Waals surface area contributed by atoms with Crippen LogP contribution in [0.5, 0.6) is 0 Å². The van der Waals surface area contributed by atoms with Crippen LogP contribution in [0.2, 0.25) is 0 Å². The largest absolute Gasteiger partial charge is 0.398 e. The summed E-state index contributed by atoms with van der Waals surface area (Å²) in [5.74, 6) is -0.0886. The Balaban J connectivity index is 2.46. The Labute approximate surface area is 93.9 Å². The first-order valence-corrected chi connectivity index (χ1v) is 4.99. The fourth-order valence-corrected chi connectivity index (χ4v) is 1.52. The average Bonchev–Trinajstić information content (AvgIpc) is 2.32. The molecule has 0 spiro atoms. The number of rotatable bonds is 2. The molecule has 1 heterocycles. The van der Waals surface area contributed by atoms with Crippen LogP contribution >= 0.6 is 0 Å². The maximum atomic E-state index is 12.1. The van der Waals surface area contributed by atoms with Crippen LogP contribution in [-0.2, 0) is 0 Å². The van der Waals surface area contributed by atoms with Gasteiger partial charge in [-0.3, -0.25) is 9.78 Å². The van der Waals surface area contributed by atoms with E-state index in [0.717, 1.165) is 5.56 Å². The molecule has 0 aliphatic rings. The molecular weight excluding hydrogens is 200 g/mol. The predicted molar refractivity (Wildman–Crippen MR) is 63.3 cm³/mol. The van der Waals surface area contributed by atoms with Crippen molar-refractivity contribution in [1.82, 2.24) is 4.98 Å². The van der Waals surface area contributed by atoms with Crippen LogP contribution in [0, 0.1) is 6.92 Å². The molecule has 0 aliphatic heterocycles. The highest BCUT2D eigenvalue weighted by Gasteiger charge is 2.12. The molecule has 1 aromatic carbocycles. The zero-order valence-corrected chi connectivity index (χ0v) is 8.97. The first-order chi connectivity index (χ1) is 7.68. The van der Waals surface area contributed by atoms with Crippen molar-refractivity contribution in [2.24, 2.45) is 0 Å². The van der Waals surface area contributed by atoms with Crippen LogP contribution in [0.1, 0.15) is 21.5 Å². The maximum Gasteiger partial charge on any atom is 0.196 e. The summed E-state index contributed by atoms with van der Waals surface area (Å²) in [6.45, 7) is 1.93. The standard InChI is InChI=1S/C13H12N2O/c1-9-4-5-12(14)11(7-9)13(16)10-3-2-6-15-8-10/h2-8H,14H2,1H3. The number of nitrogens with zero attached hydrogens (tertiary/aromatic N) is 1. The fourth-order valence-electron chi connectivity index (χ4n) is 1.52. The average molecular weight is 212 g/mol. The molecule has 1 aromatic heterocycles. The van der Waals surface area contributed by atoms with Crippen LogP contribution in [0.25, 0.3) is 0 Å². The Morgan fingerprint density at radius 3 is 2.81 bits per heavy atom. The highest BCUT2D eigenvalue weighted by Crippen LogP contribution is 2.17. The third-order valence-electron chi connectivity index (χ3n) is 2.38. The van der Waals surface area contributed by atoms with E-state index in [1.54, 1.807) is 36.7 Å². The highest BCUT2D eigenvalue weighted by atomic mass is 16.1. The number of ketones is 1. The Morgan fingerprint density at radius 2 is 2.12 bits per heavy atom. The van der Waals surface area contributed by atoms with Gasteiger partial charge in [0.1, 0.15) is 0 Å². The van der Waals surface area contributed by atoms with Gasteiger partial charge in [-0.1, -0.05) is 11.6 Å². The summed E-state index contributed by atoms with van der Waals surface area (Å²) < 4.78 is 0. The number of nitrogen functional groups attached to an aromatic ring is 1. The van der Waals surface area contributed by atoms with Crippen molar-refractivity contribution < 1.29 is 4.79 Å². The molecule has 2 rings (SSSR count). The topological polar surface area (TPSA) is 56.0 Å². The highest BCUT2D eigenvalue weighted by molar-refractivity contribution is 6.11. The lowest BCUT2D eigenvalue weighted by atomic mass is 10.0. The number of carbonyl (C=O) groups excluding carboxylic acids is 1. The normalized spacial score (nSPS) is 10.1. The summed E-state index contributed by atoms with van der Waals surface area (Å²) in [6, 6.07) is 8.90. The second-order valence-corrected chi connectivity index (χ2v) is 3.66. The third-order valence-corrected chi connectivity index (χ3v) is 2.38. The first kappa shape index (κ1) is 10.4. The maximum absolute atomic E-state index is 12.1. The molecule has 80 valence electrons. The number of anilines is 1. The zero-order valence-electron chi connectivity index (χ0n) is 8.97. The fraction of sp³-hybridized carbons (Fsp3) is 0.0769. The van der Waals surface area contributed by atoms with Gasteiger partial charge in [-0.05, 0) is 31.2 Å². The zero-order chi connectivity index (χ0) is 11.5. The molecule has 0 unspecified atom stereocenters. The van der Waals surface area contributed by atoms with Crippen molar-refractivity contribution in [2.45, 2.75) is 6.92 Å². The molecule has 0 aliphatic carbocycles. The van der Waals surface area contributed by atoms with Gasteiger partial charge in [0.15, 0.2) is 5.78 Å². The number of nitrogens with two attached hydrogens (primary N) is 1. The minimum absolute atomic E-state index is 0.0886. The van der Waals surface area contributed by atoms with E-state index in [1.165, 1.54) is 0 Å². The summed E-state index contributed by atoms with van der Waals surface area (Å²) in [7, 11) is 0. The van der Waals surface area contributed by atoms with Crippen LogP contribution in [-0.4, -0.2) is 10.8 Å². The van der Waals surface area contributed by atoms with Crippen LogP contribution in [0.15, 0.2) is 42.7 Å². The van der Waals surface area contributed by atoms with Crippen molar-refractivity contribution in [1.29, 1.82) is 0 Å². The number of carbonyl (C=O) groups is 1. The molecule has 16 heavy (non-hydrogen) atoms. The lowest BCUT2D eigenvalue weighted by Gasteiger charge is -2.05. The Hall–Kier alpha value is -2.16. The summed E-state index contributed by atoms with van der Waals surface area (Å²) in [5.41, 5.74) is 8.39. The van der Waals surface area contributed by atoms with E-state index in [9.17, 15) is 4.79 Å². The van der Waals surface area contributed by atoms with E-state index in [1.807, 2.05) is 13.0 Å². The van der Waals surface area contributed by atoms with Gasteiger partial charge in [-0.25, -0.2) is 0 Å². The molecule has 0 radical (unpaired) electrons. The summed E-state index contributed by atoms with van der Waals surface area (Å²) in [5, 5.41) is 0. The third kappa shape index (κ3) is 1.93. The molecular formula is C13H12N2O. The number of hydrogen-bond acceptors (Lipinski definition) is 3. The molecule has 0 bridgehead atoms. The lowest BCUT2D eigenvalue weighted by Crippen LogP contribution is -2.05. The van der Waals surface area contributed by atoms with Crippen molar-refractivity contribution in [3.05, 3.63) is 59.4 Å². The number of pyridine rings is 1. The van der Waals surface area contributed by atoms with E-state index < -0.39 is 0 Å². The lowest BCUT2D eigenvalue weighted by molar-refractivity contribution is 0.103. The first-order valence-electron chi connectivity index (χ1n) is 4.99. The number of hydrogen-bond donors (Lipinski definition) is 1. The number of aryl methyl sites for hydroxylation is 1. The van der Waals surface area contributed by atoms with Crippen LogP contribution < -0.4 is 5.73 Å². The van der Waals surface area contributed by atoms with Crippen LogP contribution in [0.4, 0.5) is 5.69 Å². The number of aromatic nitrogens is 1. The van der Waals surface area contributed by atoms with Gasteiger partial charge in [0, 0.05) is 29.2 Å². The van der Waals surface area contributed by atoms with E-state index in [2.05, 4.69) is 4.98 Å². The molecule has 2 aromatic rings. The van der Waals surface area contributed by atoms with Gasteiger partial charge in [-0.2, -0.15) is 0 Å². The minimum Gasteiger partial charge on any atom is -0.398 e. The summed E-state index contributed by atoms with van der Waals surface area (Å²) >= 11 is 0. The van der Waals surface area contributed by atoms with Gasteiger partial charge in [0.05, 0.1) is 0 Å². The Bertz CT molecular complexity index is 521. The number of benzene rings is 1. The van der Waals surface area contributed by atoms with E-state index in [0.29, 0.717) is 16.8 Å². The molecule has 2 N–H and O–H groups in total. The van der Waals surface area contributed by atoms with Gasteiger partial charge < -0.3 is 5.73 Å². The Morgan fingerprint density at radius 1 is 1.31 bits per heavy atom. The second kappa shape index (κ2) is 4.14. The van der Waals surface area contributed by atoms with E-state index >= 15 is 0 Å². The molecule has 0 amide bonds. The van der Waals surface area contributed by atoms with E-state index in [-0.39, 0.29) is 5.78 Å². The van der Waals surface area contributed by atoms with Crippen LogP contribution in [0.3, 0.4) is 0 Å². The predicted octanol–water partition coefficient (Wildman–Crippen LogP) is 2.20. The smallest absolute Gasteiger partial charge is 0.196 e. The second-order valence-electron chi connectivity index (χ2n) is 3.66. The van der Waals surface area contributed by atoms with Crippen molar-refractivity contribution in [3.63, 3.8) is 0 Å². The quantitative estimate of drug-likeness (QED) is 0.613. The van der Waals surface area contributed by atoms with Crippen molar-refractivity contribution >= 4 is 11.5 Å². The summed E-state index contributed by atoms with van der Waals surface area (Å²) in [4.78, 5) is 16.0. The van der Waals surface area contributed by atoms with Gasteiger partial charge in [0.2, 0.25) is 0 Å². The van der Waals surface area contributed by atoms with E-state index in [4.69, 9.17) is 5.73 Å². The molecule has 3 nitrogen and oxygen atoms in total. The van der Waals surface area contributed by atoms with Gasteiger partial charge in [0.25, 0.3) is 0 Å². The molecule has 3 heteroatoms. The minimum atomic E-state index is -0.0886. The SMILES string of the molecule is Cc1ccc(N)c(C(=O)c2cccnc2)c1. The molecule has 0 fully saturated rings. The molecule has 0 saturated heterocycles. The van der Waals surface area contributed by atoms with Crippen molar-refractivity contribution in [2.75, 3.05) is 5.73 Å². The van der Waals surface area contributed by atoms with Gasteiger partial charge in [-0.15, -0.1) is 0 Å². The monoisotopic (exact) mass is 212 g/mol. The van der Waals surface area contributed by atoms with Crippen molar-refractivity contribution in [3.8, 4) is 0 Å². The Kier molecular flexibility index (Phi) is 2.68. The van der Waals surface area contributed by atoms with Gasteiger partial charge >= 0.3 is 0 Å². The molecule has 0 atom stereocenters. The summed E-state index contributed by atoms with van der Waals surface area (Å²) in [6.07, 6.45) is 3.18.